The number of nitrogens with one attached hydrogen (secondary N) is 3. The van der Waals surface area contributed by atoms with Crippen molar-refractivity contribution in [2.75, 3.05) is 36.8 Å². The molecule has 2 saturated heterocycles. The Kier molecular flexibility index (Phi) is 5.29. The summed E-state index contributed by atoms with van der Waals surface area (Å²) in [5.41, 5.74) is 2.30. The third-order valence-electron chi connectivity index (χ3n) is 5.52. The summed E-state index contributed by atoms with van der Waals surface area (Å²) in [7, 11) is 1.88. The van der Waals surface area contributed by atoms with Gasteiger partial charge in [-0.3, -0.25) is 9.48 Å². The van der Waals surface area contributed by atoms with Crippen LogP contribution in [0.15, 0.2) is 36.7 Å². The minimum Gasteiger partial charge on any atom is -0.325 e. The zero-order chi connectivity index (χ0) is 19.5. The van der Waals surface area contributed by atoms with Gasteiger partial charge in [0, 0.05) is 45.3 Å². The van der Waals surface area contributed by atoms with Crippen molar-refractivity contribution in [3.63, 3.8) is 0 Å². The van der Waals surface area contributed by atoms with Crippen LogP contribution in [0.2, 0.25) is 0 Å². The third-order valence-corrected chi connectivity index (χ3v) is 5.52. The second-order valence-electron chi connectivity index (χ2n) is 7.48. The number of hydrogen-bond acceptors (Lipinski definition) is 4. The van der Waals surface area contributed by atoms with E-state index in [1.54, 1.807) is 9.58 Å². The predicted octanol–water partition coefficient (Wildman–Crippen LogP) is 1.99. The van der Waals surface area contributed by atoms with Gasteiger partial charge in [-0.25, -0.2) is 4.79 Å². The average molecular weight is 382 g/mol. The normalized spacial score (nSPS) is 21.7. The van der Waals surface area contributed by atoms with Gasteiger partial charge in [0.25, 0.3) is 0 Å². The van der Waals surface area contributed by atoms with Gasteiger partial charge in [-0.1, -0.05) is 12.1 Å². The standard InChI is InChI=1S/C20H26N6O2/c1-25-13-14(10-22-25)15-11-21-12-16(15)19(27)23-17-6-2-3-7-18(17)24-20(28)26-8-4-5-9-26/h2-3,6-7,10,13,15-16,21H,4-5,8-9,11-12H2,1H3,(H,23,27)(H,24,28)/t15-,16+/m1/s1. The third kappa shape index (κ3) is 3.87. The number of rotatable bonds is 4. The first-order valence-electron chi connectivity index (χ1n) is 9.77. The lowest BCUT2D eigenvalue weighted by molar-refractivity contribution is -0.119. The Morgan fingerprint density at radius 3 is 2.50 bits per heavy atom. The number of para-hydroxylation sites is 2. The number of nitrogens with zero attached hydrogens (tertiary/aromatic N) is 3. The second-order valence-corrected chi connectivity index (χ2v) is 7.48. The lowest BCUT2D eigenvalue weighted by Crippen LogP contribution is -2.33. The second kappa shape index (κ2) is 8.02. The lowest BCUT2D eigenvalue weighted by atomic mass is 9.90. The molecule has 2 aliphatic heterocycles. The fourth-order valence-corrected chi connectivity index (χ4v) is 3.98. The Morgan fingerprint density at radius 2 is 1.82 bits per heavy atom. The van der Waals surface area contributed by atoms with Gasteiger partial charge in [0.1, 0.15) is 0 Å². The van der Waals surface area contributed by atoms with E-state index in [2.05, 4.69) is 21.0 Å². The molecular formula is C20H26N6O2. The van der Waals surface area contributed by atoms with E-state index in [0.717, 1.165) is 38.0 Å². The molecule has 4 rings (SSSR count). The molecule has 8 heteroatoms. The van der Waals surface area contributed by atoms with Gasteiger partial charge in [0.2, 0.25) is 5.91 Å². The summed E-state index contributed by atoms with van der Waals surface area (Å²) in [6.45, 7) is 2.92. The van der Waals surface area contributed by atoms with Crippen LogP contribution >= 0.6 is 0 Å². The largest absolute Gasteiger partial charge is 0.325 e. The number of benzene rings is 1. The van der Waals surface area contributed by atoms with Crippen molar-refractivity contribution in [3.05, 3.63) is 42.2 Å². The zero-order valence-corrected chi connectivity index (χ0v) is 16.0. The van der Waals surface area contributed by atoms with Gasteiger partial charge < -0.3 is 20.9 Å². The molecule has 28 heavy (non-hydrogen) atoms. The molecule has 0 unspecified atom stereocenters. The van der Waals surface area contributed by atoms with Crippen molar-refractivity contribution in [2.24, 2.45) is 13.0 Å². The van der Waals surface area contributed by atoms with Crippen LogP contribution in [0.3, 0.4) is 0 Å². The van der Waals surface area contributed by atoms with Crippen LogP contribution in [0.1, 0.15) is 24.3 Å². The minimum atomic E-state index is -0.188. The molecule has 2 atom stereocenters. The van der Waals surface area contributed by atoms with Crippen LogP contribution in [0.4, 0.5) is 16.2 Å². The Labute approximate surface area is 164 Å². The highest BCUT2D eigenvalue weighted by atomic mass is 16.2. The Balaban J connectivity index is 1.46. The Hall–Kier alpha value is -2.87. The maximum Gasteiger partial charge on any atom is 0.321 e. The number of carbonyl (C=O) groups excluding carboxylic acids is 2. The smallest absolute Gasteiger partial charge is 0.321 e. The summed E-state index contributed by atoms with van der Waals surface area (Å²) in [6.07, 6.45) is 5.86. The number of anilines is 2. The molecule has 148 valence electrons. The van der Waals surface area contributed by atoms with E-state index in [0.29, 0.717) is 17.9 Å². The number of aromatic nitrogens is 2. The van der Waals surface area contributed by atoms with Crippen molar-refractivity contribution >= 4 is 23.3 Å². The molecule has 1 aromatic carbocycles. The van der Waals surface area contributed by atoms with E-state index in [1.807, 2.05) is 43.7 Å². The molecule has 0 spiro atoms. The molecule has 8 nitrogen and oxygen atoms in total. The molecule has 0 saturated carbocycles. The highest BCUT2D eigenvalue weighted by Gasteiger charge is 2.35. The van der Waals surface area contributed by atoms with Gasteiger partial charge in [0.05, 0.1) is 23.5 Å². The lowest BCUT2D eigenvalue weighted by Gasteiger charge is -2.20. The molecule has 3 amide bonds. The minimum absolute atomic E-state index is 0.0540. The monoisotopic (exact) mass is 382 g/mol. The number of urea groups is 1. The van der Waals surface area contributed by atoms with Gasteiger partial charge in [0.15, 0.2) is 0 Å². The maximum atomic E-state index is 13.0. The molecule has 0 radical (unpaired) electrons. The van der Waals surface area contributed by atoms with E-state index >= 15 is 0 Å². The summed E-state index contributed by atoms with van der Waals surface area (Å²) < 4.78 is 1.76. The average Bonchev–Trinajstić information content (AvgIpc) is 3.44. The molecule has 2 aliphatic rings. The van der Waals surface area contributed by atoms with Crippen molar-refractivity contribution < 1.29 is 9.59 Å². The quantitative estimate of drug-likeness (QED) is 0.754. The summed E-state index contributed by atoms with van der Waals surface area (Å²) >= 11 is 0. The zero-order valence-electron chi connectivity index (χ0n) is 16.0. The number of likely N-dealkylation sites (tertiary alicyclic amines) is 1. The fourth-order valence-electron chi connectivity index (χ4n) is 3.98. The Bertz CT molecular complexity index is 858. The number of carbonyl (C=O) groups is 2. The molecular weight excluding hydrogens is 356 g/mol. The van der Waals surface area contributed by atoms with Crippen LogP contribution < -0.4 is 16.0 Å². The number of aryl methyl sites for hydroxylation is 1. The van der Waals surface area contributed by atoms with Crippen molar-refractivity contribution in [3.8, 4) is 0 Å². The molecule has 3 N–H and O–H groups in total. The van der Waals surface area contributed by atoms with Crippen molar-refractivity contribution in [1.82, 2.24) is 20.0 Å². The first-order valence-corrected chi connectivity index (χ1v) is 9.77. The van der Waals surface area contributed by atoms with Crippen LogP contribution in [0.5, 0.6) is 0 Å². The van der Waals surface area contributed by atoms with E-state index in [9.17, 15) is 9.59 Å². The molecule has 2 fully saturated rings. The maximum absolute atomic E-state index is 13.0. The van der Waals surface area contributed by atoms with Crippen molar-refractivity contribution in [2.45, 2.75) is 18.8 Å². The van der Waals surface area contributed by atoms with Crippen LogP contribution in [0, 0.1) is 5.92 Å². The van der Waals surface area contributed by atoms with Gasteiger partial charge >= 0.3 is 6.03 Å². The highest BCUT2D eigenvalue weighted by molar-refractivity contribution is 6.00. The molecule has 2 aromatic rings. The summed E-state index contributed by atoms with van der Waals surface area (Å²) in [5.74, 6) is -0.159. The molecule has 3 heterocycles. The predicted molar refractivity (Wildman–Crippen MR) is 107 cm³/mol. The van der Waals surface area contributed by atoms with E-state index in [-0.39, 0.29) is 23.8 Å². The first-order chi connectivity index (χ1) is 13.6. The van der Waals surface area contributed by atoms with E-state index in [4.69, 9.17) is 0 Å². The van der Waals surface area contributed by atoms with Crippen molar-refractivity contribution in [1.29, 1.82) is 0 Å². The van der Waals surface area contributed by atoms with Crippen LogP contribution in [0.25, 0.3) is 0 Å². The topological polar surface area (TPSA) is 91.3 Å². The fraction of sp³-hybridized carbons (Fsp3) is 0.450. The van der Waals surface area contributed by atoms with E-state index < -0.39 is 0 Å². The molecule has 0 aliphatic carbocycles. The van der Waals surface area contributed by atoms with Gasteiger partial charge in [-0.2, -0.15) is 5.10 Å². The van der Waals surface area contributed by atoms with Crippen LogP contribution in [-0.4, -0.2) is 52.8 Å². The first kappa shape index (κ1) is 18.5. The van der Waals surface area contributed by atoms with Crippen LogP contribution in [-0.2, 0) is 11.8 Å². The molecule has 1 aromatic heterocycles. The molecule has 0 bridgehead atoms. The summed E-state index contributed by atoms with van der Waals surface area (Å²) in [4.78, 5) is 27.2. The summed E-state index contributed by atoms with van der Waals surface area (Å²) in [5, 5.41) is 13.5. The SMILES string of the molecule is Cn1cc([C@H]2CNC[C@@H]2C(=O)Nc2ccccc2NC(=O)N2CCCC2)cn1. The number of amides is 3. The van der Waals surface area contributed by atoms with Gasteiger partial charge in [-0.05, 0) is 30.5 Å². The summed E-state index contributed by atoms with van der Waals surface area (Å²) in [6, 6.07) is 7.22. The Morgan fingerprint density at radius 1 is 1.11 bits per heavy atom. The van der Waals surface area contributed by atoms with E-state index in [1.165, 1.54) is 0 Å². The van der Waals surface area contributed by atoms with Gasteiger partial charge in [-0.15, -0.1) is 0 Å². The highest BCUT2D eigenvalue weighted by Crippen LogP contribution is 2.30. The number of hydrogen-bond donors (Lipinski definition) is 3.